The average Bonchev–Trinajstić information content (AvgIpc) is 2.78. The molecule has 6 nitrogen and oxygen atoms in total. The van der Waals surface area contributed by atoms with E-state index in [1.54, 1.807) is 11.8 Å². The summed E-state index contributed by atoms with van der Waals surface area (Å²) >= 11 is 1.64. The number of nitrogens with one attached hydrogen (secondary N) is 1. The lowest BCUT2D eigenvalue weighted by atomic mass is 10.1. The first-order chi connectivity index (χ1) is 9.74. The number of thioether (sulfide) groups is 1. The molecule has 0 bridgehead atoms. The minimum atomic E-state index is -3.91. The molecule has 2 rings (SSSR count). The van der Waals surface area contributed by atoms with E-state index in [0.29, 0.717) is 12.2 Å². The standard InChI is InChI=1S/C12H15FN2O4S2/c1-7-5-10(13)11(15(16)17)8(2)12(7)21(18,19)14-9-3-4-20-6-9/h5,9,14H,3-4,6H2,1-2H3. The molecule has 1 heterocycles. The molecule has 1 fully saturated rings. The van der Waals surface area contributed by atoms with Crippen LogP contribution in [-0.4, -0.2) is 30.9 Å². The first-order valence-electron chi connectivity index (χ1n) is 6.28. The smallest absolute Gasteiger partial charge is 0.258 e. The van der Waals surface area contributed by atoms with Gasteiger partial charge in [0.05, 0.1) is 15.4 Å². The maximum absolute atomic E-state index is 13.7. The number of nitro benzene ring substituents is 1. The number of benzene rings is 1. The number of sulfonamides is 1. The Kier molecular flexibility index (Phi) is 4.54. The van der Waals surface area contributed by atoms with E-state index in [-0.39, 0.29) is 22.1 Å². The lowest BCUT2D eigenvalue weighted by Gasteiger charge is -2.16. The molecule has 0 saturated carbocycles. The SMILES string of the molecule is Cc1cc(F)c([N+](=O)[O-])c(C)c1S(=O)(=O)NC1CCSC1. The quantitative estimate of drug-likeness (QED) is 0.673. The van der Waals surface area contributed by atoms with E-state index in [0.717, 1.165) is 11.8 Å². The van der Waals surface area contributed by atoms with E-state index in [4.69, 9.17) is 0 Å². The predicted octanol–water partition coefficient (Wildman–Crippen LogP) is 2.13. The molecular formula is C12H15FN2O4S2. The summed E-state index contributed by atoms with van der Waals surface area (Å²) in [5.74, 6) is 0.514. The van der Waals surface area contributed by atoms with Crippen molar-refractivity contribution in [2.45, 2.75) is 31.2 Å². The van der Waals surface area contributed by atoms with Gasteiger partial charge in [-0.05, 0) is 37.7 Å². The minimum Gasteiger partial charge on any atom is -0.258 e. The van der Waals surface area contributed by atoms with Crippen LogP contribution in [0.4, 0.5) is 10.1 Å². The van der Waals surface area contributed by atoms with Crippen LogP contribution >= 0.6 is 11.8 Å². The van der Waals surface area contributed by atoms with Gasteiger partial charge in [0.1, 0.15) is 0 Å². The lowest BCUT2D eigenvalue weighted by molar-refractivity contribution is -0.388. The largest absolute Gasteiger partial charge is 0.309 e. The Morgan fingerprint density at radius 2 is 2.14 bits per heavy atom. The maximum Gasteiger partial charge on any atom is 0.309 e. The van der Waals surface area contributed by atoms with Crippen LogP contribution in [0.25, 0.3) is 0 Å². The number of nitro groups is 1. The van der Waals surface area contributed by atoms with Crippen LogP contribution < -0.4 is 4.72 Å². The van der Waals surface area contributed by atoms with Crippen molar-refractivity contribution in [3.8, 4) is 0 Å². The fourth-order valence-electron chi connectivity index (χ4n) is 2.45. The molecule has 1 unspecified atom stereocenters. The Bertz CT molecular complexity index is 685. The molecule has 1 aliphatic rings. The number of halogens is 1. The van der Waals surface area contributed by atoms with Gasteiger partial charge in [-0.3, -0.25) is 10.1 Å². The number of hydrogen-bond acceptors (Lipinski definition) is 5. The van der Waals surface area contributed by atoms with Crippen LogP contribution in [0.1, 0.15) is 17.5 Å². The Labute approximate surface area is 126 Å². The highest BCUT2D eigenvalue weighted by Crippen LogP contribution is 2.31. The Morgan fingerprint density at radius 3 is 2.67 bits per heavy atom. The molecule has 1 atom stereocenters. The third-order valence-corrected chi connectivity index (χ3v) is 6.30. The maximum atomic E-state index is 13.7. The van der Waals surface area contributed by atoms with Gasteiger partial charge in [0, 0.05) is 11.8 Å². The van der Waals surface area contributed by atoms with Crippen molar-refractivity contribution in [2.24, 2.45) is 0 Å². The van der Waals surface area contributed by atoms with Crippen molar-refractivity contribution < 1.29 is 17.7 Å². The number of rotatable bonds is 4. The molecule has 1 aromatic rings. The summed E-state index contributed by atoms with van der Waals surface area (Å²) in [6.07, 6.45) is 0.714. The number of aryl methyl sites for hydroxylation is 1. The normalized spacial score (nSPS) is 18.9. The highest BCUT2D eigenvalue weighted by Gasteiger charge is 2.31. The second-order valence-corrected chi connectivity index (χ2v) is 7.72. The van der Waals surface area contributed by atoms with Crippen molar-refractivity contribution in [3.63, 3.8) is 0 Å². The molecule has 0 spiro atoms. The van der Waals surface area contributed by atoms with Crippen LogP contribution in [0.2, 0.25) is 0 Å². The summed E-state index contributed by atoms with van der Waals surface area (Å²) in [7, 11) is -3.91. The first kappa shape index (κ1) is 16.2. The zero-order valence-electron chi connectivity index (χ0n) is 11.6. The summed E-state index contributed by atoms with van der Waals surface area (Å²) in [5.41, 5.74) is -0.800. The Morgan fingerprint density at radius 1 is 1.48 bits per heavy atom. The van der Waals surface area contributed by atoms with Gasteiger partial charge in [-0.1, -0.05) is 0 Å². The van der Waals surface area contributed by atoms with E-state index in [2.05, 4.69) is 4.72 Å². The molecule has 21 heavy (non-hydrogen) atoms. The summed E-state index contributed by atoms with van der Waals surface area (Å²) in [5, 5.41) is 10.9. The van der Waals surface area contributed by atoms with Gasteiger partial charge >= 0.3 is 5.69 Å². The van der Waals surface area contributed by atoms with Gasteiger partial charge in [-0.15, -0.1) is 0 Å². The third kappa shape index (κ3) is 3.19. The van der Waals surface area contributed by atoms with Gasteiger partial charge < -0.3 is 0 Å². The second kappa shape index (κ2) is 5.90. The molecular weight excluding hydrogens is 319 g/mol. The van der Waals surface area contributed by atoms with Gasteiger partial charge in [0.25, 0.3) is 0 Å². The summed E-state index contributed by atoms with van der Waals surface area (Å²) in [4.78, 5) is 9.83. The lowest BCUT2D eigenvalue weighted by Crippen LogP contribution is -2.35. The van der Waals surface area contributed by atoms with Crippen LogP contribution in [-0.2, 0) is 10.0 Å². The van der Waals surface area contributed by atoms with Gasteiger partial charge in [0.2, 0.25) is 15.8 Å². The van der Waals surface area contributed by atoms with Crippen molar-refractivity contribution >= 4 is 27.5 Å². The fourth-order valence-corrected chi connectivity index (χ4v) is 5.45. The van der Waals surface area contributed by atoms with Crippen LogP contribution in [0.3, 0.4) is 0 Å². The van der Waals surface area contributed by atoms with Crippen LogP contribution in [0.5, 0.6) is 0 Å². The highest BCUT2D eigenvalue weighted by atomic mass is 32.2. The fraction of sp³-hybridized carbons (Fsp3) is 0.500. The van der Waals surface area contributed by atoms with Gasteiger partial charge in [-0.25, -0.2) is 13.1 Å². The third-order valence-electron chi connectivity index (χ3n) is 3.33. The monoisotopic (exact) mass is 334 g/mol. The highest BCUT2D eigenvalue weighted by molar-refractivity contribution is 7.99. The van der Waals surface area contributed by atoms with E-state index in [1.807, 2.05) is 0 Å². The van der Waals surface area contributed by atoms with Crippen LogP contribution in [0, 0.1) is 29.8 Å². The summed E-state index contributed by atoms with van der Waals surface area (Å²) in [6, 6.07) is 0.700. The Hall–Kier alpha value is -1.19. The Balaban J connectivity index is 2.52. The van der Waals surface area contributed by atoms with Crippen molar-refractivity contribution in [3.05, 3.63) is 33.1 Å². The van der Waals surface area contributed by atoms with E-state index < -0.39 is 26.5 Å². The van der Waals surface area contributed by atoms with Gasteiger partial charge in [0.15, 0.2) is 0 Å². The molecule has 9 heteroatoms. The van der Waals surface area contributed by atoms with E-state index in [1.165, 1.54) is 13.8 Å². The molecule has 0 aromatic heterocycles. The van der Waals surface area contributed by atoms with Crippen molar-refractivity contribution in [1.29, 1.82) is 0 Å². The zero-order valence-corrected chi connectivity index (χ0v) is 13.2. The molecule has 1 N–H and O–H groups in total. The molecule has 116 valence electrons. The zero-order chi connectivity index (χ0) is 15.8. The average molecular weight is 334 g/mol. The first-order valence-corrected chi connectivity index (χ1v) is 8.92. The molecule has 0 radical (unpaired) electrons. The predicted molar refractivity (Wildman–Crippen MR) is 78.6 cm³/mol. The van der Waals surface area contributed by atoms with Crippen molar-refractivity contribution in [1.82, 2.24) is 4.72 Å². The molecule has 1 aliphatic heterocycles. The van der Waals surface area contributed by atoms with E-state index in [9.17, 15) is 22.9 Å². The topological polar surface area (TPSA) is 89.3 Å². The van der Waals surface area contributed by atoms with Crippen molar-refractivity contribution in [2.75, 3.05) is 11.5 Å². The summed E-state index contributed by atoms with van der Waals surface area (Å²) < 4.78 is 41.1. The molecule has 1 aromatic carbocycles. The number of hydrogen-bond donors (Lipinski definition) is 1. The van der Waals surface area contributed by atoms with E-state index >= 15 is 0 Å². The minimum absolute atomic E-state index is 0.161. The second-order valence-electron chi connectivity index (χ2n) is 4.92. The molecule has 0 aliphatic carbocycles. The molecule has 0 amide bonds. The molecule has 1 saturated heterocycles. The number of nitrogens with zero attached hydrogens (tertiary/aromatic N) is 1. The summed E-state index contributed by atoms with van der Waals surface area (Å²) in [6.45, 7) is 2.68. The van der Waals surface area contributed by atoms with Crippen LogP contribution in [0.15, 0.2) is 11.0 Å². The van der Waals surface area contributed by atoms with Gasteiger partial charge in [-0.2, -0.15) is 16.2 Å².